The van der Waals surface area contributed by atoms with Crippen LogP contribution >= 0.6 is 27.7 Å². The summed E-state index contributed by atoms with van der Waals surface area (Å²) in [4.78, 5) is 3.78. The Labute approximate surface area is 107 Å². The number of anilines is 1. The molecule has 16 heavy (non-hydrogen) atoms. The molecule has 0 spiro atoms. The predicted octanol–water partition coefficient (Wildman–Crippen LogP) is 1.07. The number of thioether (sulfide) groups is 1. The van der Waals surface area contributed by atoms with Gasteiger partial charge in [0.2, 0.25) is 10.0 Å². The lowest BCUT2D eigenvalue weighted by Crippen LogP contribution is -2.27. The number of nitrogens with two attached hydrogens (primary N) is 1. The van der Waals surface area contributed by atoms with E-state index in [2.05, 4.69) is 25.6 Å². The maximum Gasteiger partial charge on any atom is 0.244 e. The van der Waals surface area contributed by atoms with Crippen molar-refractivity contribution in [2.75, 3.05) is 24.3 Å². The quantitative estimate of drug-likeness (QED) is 0.791. The number of hydrogen-bond acceptors (Lipinski definition) is 5. The minimum Gasteiger partial charge on any atom is -0.383 e. The molecule has 3 N–H and O–H groups in total. The van der Waals surface area contributed by atoms with Gasteiger partial charge in [-0.2, -0.15) is 11.8 Å². The van der Waals surface area contributed by atoms with Crippen LogP contribution in [-0.2, 0) is 10.0 Å². The third-order valence-corrected chi connectivity index (χ3v) is 4.27. The van der Waals surface area contributed by atoms with Gasteiger partial charge in [-0.3, -0.25) is 0 Å². The summed E-state index contributed by atoms with van der Waals surface area (Å²) in [7, 11) is -3.57. The molecule has 0 aliphatic carbocycles. The third kappa shape index (κ3) is 3.62. The van der Waals surface area contributed by atoms with E-state index < -0.39 is 10.0 Å². The van der Waals surface area contributed by atoms with Crippen LogP contribution in [0.25, 0.3) is 0 Å². The molecular formula is C8H12BrN3O2S2. The first-order valence-electron chi connectivity index (χ1n) is 4.37. The Balaban J connectivity index is 2.93. The van der Waals surface area contributed by atoms with Crippen molar-refractivity contribution in [3.8, 4) is 0 Å². The van der Waals surface area contributed by atoms with Gasteiger partial charge in [-0.05, 0) is 28.3 Å². The first-order valence-corrected chi connectivity index (χ1v) is 8.04. The highest BCUT2D eigenvalue weighted by molar-refractivity contribution is 9.10. The summed E-state index contributed by atoms with van der Waals surface area (Å²) in [6.07, 6.45) is 3.36. The average molecular weight is 326 g/mol. The Morgan fingerprint density at radius 3 is 2.94 bits per heavy atom. The van der Waals surface area contributed by atoms with E-state index in [-0.39, 0.29) is 10.7 Å². The topological polar surface area (TPSA) is 85.1 Å². The van der Waals surface area contributed by atoms with Gasteiger partial charge in [-0.1, -0.05) is 0 Å². The summed E-state index contributed by atoms with van der Waals surface area (Å²) in [6.45, 7) is 0.370. The molecule has 0 aliphatic heterocycles. The molecule has 1 rings (SSSR count). The lowest BCUT2D eigenvalue weighted by atomic mass is 10.5. The number of halogens is 1. The average Bonchev–Trinajstić information content (AvgIpc) is 2.22. The second-order valence-electron chi connectivity index (χ2n) is 2.93. The maximum atomic E-state index is 11.8. The van der Waals surface area contributed by atoms with Crippen LogP contribution in [0.4, 0.5) is 5.82 Å². The lowest BCUT2D eigenvalue weighted by Gasteiger charge is -2.08. The monoisotopic (exact) mass is 325 g/mol. The van der Waals surface area contributed by atoms with Gasteiger partial charge in [0.1, 0.15) is 10.7 Å². The molecule has 0 unspecified atom stereocenters. The zero-order chi connectivity index (χ0) is 12.2. The van der Waals surface area contributed by atoms with Crippen LogP contribution in [0.2, 0.25) is 0 Å². The van der Waals surface area contributed by atoms with Crippen molar-refractivity contribution in [2.45, 2.75) is 4.90 Å². The van der Waals surface area contributed by atoms with Crippen LogP contribution < -0.4 is 10.5 Å². The minimum atomic E-state index is -3.57. The van der Waals surface area contributed by atoms with Crippen molar-refractivity contribution in [3.63, 3.8) is 0 Å². The van der Waals surface area contributed by atoms with Gasteiger partial charge in [-0.25, -0.2) is 18.1 Å². The number of hydrogen-bond donors (Lipinski definition) is 2. The van der Waals surface area contributed by atoms with Crippen LogP contribution in [0.5, 0.6) is 0 Å². The Hall–Kier alpha value is -0.310. The highest BCUT2D eigenvalue weighted by Crippen LogP contribution is 2.20. The van der Waals surface area contributed by atoms with E-state index in [0.717, 1.165) is 0 Å². The molecule has 0 amide bonds. The van der Waals surface area contributed by atoms with E-state index in [1.807, 2.05) is 6.26 Å². The van der Waals surface area contributed by atoms with Crippen LogP contribution in [0.1, 0.15) is 0 Å². The van der Waals surface area contributed by atoms with E-state index in [9.17, 15) is 8.42 Å². The molecule has 0 fully saturated rings. The van der Waals surface area contributed by atoms with E-state index in [4.69, 9.17) is 5.73 Å². The zero-order valence-electron chi connectivity index (χ0n) is 8.60. The van der Waals surface area contributed by atoms with Crippen molar-refractivity contribution >= 4 is 43.5 Å². The van der Waals surface area contributed by atoms with Crippen molar-refractivity contribution in [1.29, 1.82) is 0 Å². The van der Waals surface area contributed by atoms with Gasteiger partial charge < -0.3 is 5.73 Å². The maximum absolute atomic E-state index is 11.8. The molecule has 0 bridgehead atoms. The molecule has 8 heteroatoms. The predicted molar refractivity (Wildman–Crippen MR) is 69.9 cm³/mol. The largest absolute Gasteiger partial charge is 0.383 e. The van der Waals surface area contributed by atoms with Gasteiger partial charge in [0.05, 0.1) is 0 Å². The summed E-state index contributed by atoms with van der Waals surface area (Å²) < 4.78 is 26.7. The van der Waals surface area contributed by atoms with Crippen LogP contribution in [0.3, 0.4) is 0 Å². The molecule has 0 aromatic carbocycles. The standard InChI is InChI=1S/C8H12BrN3O2S2/c1-15-3-2-12-16(13,14)7-4-6(9)5-11-8(7)10/h4-5,12H,2-3H2,1H3,(H2,10,11). The normalized spacial score (nSPS) is 11.6. The number of rotatable bonds is 5. The van der Waals surface area contributed by atoms with E-state index >= 15 is 0 Å². The van der Waals surface area contributed by atoms with Crippen LogP contribution in [0, 0.1) is 0 Å². The lowest BCUT2D eigenvalue weighted by molar-refractivity contribution is 0.584. The Morgan fingerprint density at radius 1 is 1.62 bits per heavy atom. The fraction of sp³-hybridized carbons (Fsp3) is 0.375. The number of sulfonamides is 1. The molecule has 1 heterocycles. The number of pyridine rings is 1. The summed E-state index contributed by atoms with van der Waals surface area (Å²) in [5, 5.41) is 0. The first-order chi connectivity index (χ1) is 7.47. The van der Waals surface area contributed by atoms with Crippen molar-refractivity contribution in [3.05, 3.63) is 16.7 Å². The van der Waals surface area contributed by atoms with Crippen LogP contribution in [-0.4, -0.2) is 32.0 Å². The number of nitrogen functional groups attached to an aromatic ring is 1. The summed E-state index contributed by atoms with van der Waals surface area (Å²) >= 11 is 4.72. The van der Waals surface area contributed by atoms with E-state index in [0.29, 0.717) is 16.8 Å². The second kappa shape index (κ2) is 5.85. The highest BCUT2D eigenvalue weighted by atomic mass is 79.9. The molecule has 1 aromatic rings. The molecule has 1 aromatic heterocycles. The summed E-state index contributed by atoms with van der Waals surface area (Å²) in [5.74, 6) is 0.709. The molecule has 0 atom stereocenters. The van der Waals surface area contributed by atoms with E-state index in [1.165, 1.54) is 12.3 Å². The Morgan fingerprint density at radius 2 is 2.31 bits per heavy atom. The molecule has 0 aliphatic rings. The van der Waals surface area contributed by atoms with Gasteiger partial charge in [0.15, 0.2) is 0 Å². The third-order valence-electron chi connectivity index (χ3n) is 1.74. The number of nitrogens with one attached hydrogen (secondary N) is 1. The highest BCUT2D eigenvalue weighted by Gasteiger charge is 2.17. The molecule has 90 valence electrons. The smallest absolute Gasteiger partial charge is 0.244 e. The first kappa shape index (κ1) is 13.8. The number of aromatic nitrogens is 1. The van der Waals surface area contributed by atoms with Gasteiger partial charge in [0.25, 0.3) is 0 Å². The zero-order valence-corrected chi connectivity index (χ0v) is 11.8. The SMILES string of the molecule is CSCCNS(=O)(=O)c1cc(Br)cnc1N. The fourth-order valence-corrected chi connectivity index (χ4v) is 3.06. The van der Waals surface area contributed by atoms with Gasteiger partial charge in [-0.15, -0.1) is 0 Å². The molecule has 0 saturated carbocycles. The fourth-order valence-electron chi connectivity index (χ4n) is 1.00. The van der Waals surface area contributed by atoms with Crippen LogP contribution in [0.15, 0.2) is 21.6 Å². The molecule has 5 nitrogen and oxygen atoms in total. The van der Waals surface area contributed by atoms with Crippen molar-refractivity contribution < 1.29 is 8.42 Å². The molecule has 0 saturated heterocycles. The van der Waals surface area contributed by atoms with Crippen molar-refractivity contribution in [2.24, 2.45) is 0 Å². The Bertz CT molecular complexity index is 464. The molecular weight excluding hydrogens is 314 g/mol. The Kier molecular flexibility index (Phi) is 5.03. The molecule has 0 radical (unpaired) electrons. The summed E-state index contributed by atoms with van der Waals surface area (Å²) in [5.41, 5.74) is 5.52. The van der Waals surface area contributed by atoms with E-state index in [1.54, 1.807) is 11.8 Å². The van der Waals surface area contributed by atoms with Gasteiger partial charge in [0, 0.05) is 23.0 Å². The van der Waals surface area contributed by atoms with Gasteiger partial charge >= 0.3 is 0 Å². The minimum absolute atomic E-state index is 0.000137. The van der Waals surface area contributed by atoms with Crippen molar-refractivity contribution in [1.82, 2.24) is 9.71 Å². The summed E-state index contributed by atoms with van der Waals surface area (Å²) in [6, 6.07) is 1.43. The second-order valence-corrected chi connectivity index (χ2v) is 6.56. The number of nitrogens with zero attached hydrogens (tertiary/aromatic N) is 1.